The second-order valence-corrected chi connectivity index (χ2v) is 7.36. The summed E-state index contributed by atoms with van der Waals surface area (Å²) in [6.45, 7) is 1.90. The first-order valence-electron chi connectivity index (χ1n) is 7.90. The predicted octanol–water partition coefficient (Wildman–Crippen LogP) is 2.24. The zero-order valence-electron chi connectivity index (χ0n) is 13.4. The highest BCUT2D eigenvalue weighted by Gasteiger charge is 2.37. The highest BCUT2D eigenvalue weighted by atomic mass is 35.5. The van der Waals surface area contributed by atoms with Crippen molar-refractivity contribution in [3.05, 3.63) is 29.0 Å². The van der Waals surface area contributed by atoms with E-state index in [2.05, 4.69) is 20.8 Å². The van der Waals surface area contributed by atoms with Gasteiger partial charge in [0.15, 0.2) is 5.01 Å². The molecular formula is C15H14ClFN6O2S. The normalized spacial score (nSPS) is 19.3. The van der Waals surface area contributed by atoms with Crippen molar-refractivity contribution in [2.45, 2.75) is 6.04 Å². The van der Waals surface area contributed by atoms with Crippen molar-refractivity contribution >= 4 is 40.1 Å². The Morgan fingerprint density at radius 3 is 3.04 bits per heavy atom. The van der Waals surface area contributed by atoms with Gasteiger partial charge in [0.1, 0.15) is 5.82 Å². The van der Waals surface area contributed by atoms with Gasteiger partial charge in [0, 0.05) is 36.8 Å². The van der Waals surface area contributed by atoms with Crippen molar-refractivity contribution in [2.75, 3.05) is 31.5 Å². The van der Waals surface area contributed by atoms with E-state index in [0.29, 0.717) is 36.2 Å². The van der Waals surface area contributed by atoms with Crippen LogP contribution in [0.4, 0.5) is 19.1 Å². The van der Waals surface area contributed by atoms with Crippen molar-refractivity contribution in [1.82, 2.24) is 25.3 Å². The fourth-order valence-electron chi connectivity index (χ4n) is 3.00. The van der Waals surface area contributed by atoms with E-state index >= 15 is 0 Å². The summed E-state index contributed by atoms with van der Waals surface area (Å²) in [5, 5.41) is 14.2. The van der Waals surface area contributed by atoms with Gasteiger partial charge in [-0.1, -0.05) is 22.9 Å². The average molecular weight is 397 g/mol. The Labute approximate surface area is 156 Å². The van der Waals surface area contributed by atoms with E-state index in [1.165, 1.54) is 12.1 Å². The van der Waals surface area contributed by atoms with Crippen LogP contribution >= 0.6 is 22.9 Å². The number of halogens is 2. The molecule has 0 saturated carbocycles. The summed E-state index contributed by atoms with van der Waals surface area (Å²) >= 11 is 6.83. The molecule has 1 aromatic carbocycles. The fourth-order valence-corrected chi connectivity index (χ4v) is 3.92. The van der Waals surface area contributed by atoms with Gasteiger partial charge in [-0.25, -0.2) is 14.0 Å². The Kier molecular flexibility index (Phi) is 4.37. The van der Waals surface area contributed by atoms with Crippen LogP contribution in [0.25, 0.3) is 10.6 Å². The van der Waals surface area contributed by atoms with Crippen molar-refractivity contribution in [1.29, 1.82) is 0 Å². The molecule has 2 aliphatic rings. The smallest absolute Gasteiger partial charge is 0.323 e. The highest BCUT2D eigenvalue weighted by molar-refractivity contribution is 7.18. The number of nitrogens with zero attached hydrogens (tertiary/aromatic N) is 4. The minimum atomic E-state index is -0.499. The van der Waals surface area contributed by atoms with Crippen molar-refractivity contribution in [2.24, 2.45) is 0 Å². The second kappa shape index (κ2) is 6.69. The van der Waals surface area contributed by atoms with Gasteiger partial charge in [-0.15, -0.1) is 10.2 Å². The van der Waals surface area contributed by atoms with Crippen molar-refractivity contribution < 1.29 is 14.0 Å². The van der Waals surface area contributed by atoms with Crippen molar-refractivity contribution in [3.63, 3.8) is 0 Å². The zero-order chi connectivity index (χ0) is 18.3. The van der Waals surface area contributed by atoms with Crippen LogP contribution in [0, 0.1) is 5.82 Å². The van der Waals surface area contributed by atoms with Crippen LogP contribution in [-0.2, 0) is 0 Å². The largest absolute Gasteiger partial charge is 0.336 e. The number of amides is 4. The van der Waals surface area contributed by atoms with Crippen molar-refractivity contribution in [3.8, 4) is 10.6 Å². The minimum Gasteiger partial charge on any atom is -0.336 e. The van der Waals surface area contributed by atoms with E-state index in [1.807, 2.05) is 0 Å². The van der Waals surface area contributed by atoms with Gasteiger partial charge in [0.05, 0.1) is 6.04 Å². The maximum atomic E-state index is 14.0. The molecule has 0 bridgehead atoms. The molecule has 2 fully saturated rings. The molecule has 2 aliphatic heterocycles. The van der Waals surface area contributed by atoms with E-state index in [-0.39, 0.29) is 28.8 Å². The first-order valence-corrected chi connectivity index (χ1v) is 9.10. The molecule has 2 aromatic rings. The quantitative estimate of drug-likeness (QED) is 0.814. The number of benzene rings is 1. The lowest BCUT2D eigenvalue weighted by molar-refractivity contribution is 0.136. The minimum absolute atomic E-state index is 0.0184. The summed E-state index contributed by atoms with van der Waals surface area (Å²) < 4.78 is 14.0. The summed E-state index contributed by atoms with van der Waals surface area (Å²) in [6, 6.07) is 3.86. The lowest BCUT2D eigenvalue weighted by Crippen LogP contribution is -2.54. The summed E-state index contributed by atoms with van der Waals surface area (Å²) in [5.41, 5.74) is 0.275. The topological polar surface area (TPSA) is 90.5 Å². The third kappa shape index (κ3) is 3.17. The van der Waals surface area contributed by atoms with E-state index < -0.39 is 5.82 Å². The van der Waals surface area contributed by atoms with Gasteiger partial charge in [-0.05, 0) is 18.2 Å². The first-order chi connectivity index (χ1) is 12.5. The third-order valence-electron chi connectivity index (χ3n) is 4.32. The molecule has 26 heavy (non-hydrogen) atoms. The molecule has 0 radical (unpaired) electrons. The summed E-state index contributed by atoms with van der Waals surface area (Å²) in [5.74, 6) is -0.499. The van der Waals surface area contributed by atoms with E-state index in [9.17, 15) is 14.0 Å². The van der Waals surface area contributed by atoms with Gasteiger partial charge in [0.2, 0.25) is 5.13 Å². The van der Waals surface area contributed by atoms with Gasteiger partial charge < -0.3 is 15.1 Å². The first kappa shape index (κ1) is 17.0. The molecule has 136 valence electrons. The Morgan fingerprint density at radius 1 is 1.38 bits per heavy atom. The molecule has 2 saturated heterocycles. The fraction of sp³-hybridized carbons (Fsp3) is 0.333. The molecule has 4 rings (SSSR count). The van der Waals surface area contributed by atoms with Gasteiger partial charge in [-0.2, -0.15) is 0 Å². The van der Waals surface area contributed by atoms with Crippen LogP contribution in [0.3, 0.4) is 0 Å². The molecule has 11 heteroatoms. The van der Waals surface area contributed by atoms with Gasteiger partial charge in [-0.3, -0.25) is 5.32 Å². The second-order valence-electron chi connectivity index (χ2n) is 5.95. The molecule has 1 aromatic heterocycles. The number of urea groups is 2. The number of piperazine rings is 1. The highest BCUT2D eigenvalue weighted by Crippen LogP contribution is 2.30. The Bertz CT molecular complexity index is 878. The Hall–Kier alpha value is -2.46. The molecule has 0 aliphatic carbocycles. The predicted molar refractivity (Wildman–Crippen MR) is 94.8 cm³/mol. The van der Waals surface area contributed by atoms with Crippen LogP contribution in [0.2, 0.25) is 5.02 Å². The van der Waals surface area contributed by atoms with E-state index in [1.54, 1.807) is 15.9 Å². The number of nitrogens with one attached hydrogen (secondary N) is 2. The lowest BCUT2D eigenvalue weighted by atomic mass is 10.2. The maximum absolute atomic E-state index is 14.0. The van der Waals surface area contributed by atoms with Crippen LogP contribution in [-0.4, -0.2) is 64.3 Å². The number of hydrogen-bond donors (Lipinski definition) is 2. The van der Waals surface area contributed by atoms with E-state index in [4.69, 9.17) is 11.6 Å². The monoisotopic (exact) mass is 396 g/mol. The Balaban J connectivity index is 1.42. The zero-order valence-corrected chi connectivity index (χ0v) is 15.0. The summed E-state index contributed by atoms with van der Waals surface area (Å²) in [6.07, 6.45) is 0. The lowest BCUT2D eigenvalue weighted by Gasteiger charge is -2.36. The van der Waals surface area contributed by atoms with Crippen LogP contribution in [0.5, 0.6) is 0 Å². The number of rotatable bonds is 2. The molecule has 3 heterocycles. The number of aromatic nitrogens is 2. The third-order valence-corrected chi connectivity index (χ3v) is 5.43. The van der Waals surface area contributed by atoms with Gasteiger partial charge in [0.25, 0.3) is 0 Å². The molecule has 8 nitrogen and oxygen atoms in total. The molecular weight excluding hydrogens is 383 g/mol. The summed E-state index contributed by atoms with van der Waals surface area (Å²) in [7, 11) is 0. The SMILES string of the molecule is O=C(Nc1nnc(-c2ccc(Cl)cc2F)s1)N1CCN2C(=O)NCC2C1. The molecule has 1 atom stereocenters. The van der Waals surface area contributed by atoms with Crippen LogP contribution < -0.4 is 10.6 Å². The number of anilines is 1. The van der Waals surface area contributed by atoms with E-state index in [0.717, 1.165) is 11.3 Å². The van der Waals surface area contributed by atoms with Crippen LogP contribution in [0.15, 0.2) is 18.2 Å². The number of hydrogen-bond acceptors (Lipinski definition) is 5. The molecule has 4 amide bonds. The molecule has 1 unspecified atom stereocenters. The number of carbonyl (C=O) groups is 2. The maximum Gasteiger partial charge on any atom is 0.323 e. The van der Waals surface area contributed by atoms with Gasteiger partial charge >= 0.3 is 12.1 Å². The molecule has 2 N–H and O–H groups in total. The summed E-state index contributed by atoms with van der Waals surface area (Å²) in [4.78, 5) is 27.4. The Morgan fingerprint density at radius 2 is 2.23 bits per heavy atom. The number of carbonyl (C=O) groups excluding carboxylic acids is 2. The molecule has 0 spiro atoms. The number of fused-ring (bicyclic) bond motifs is 1. The van der Waals surface area contributed by atoms with Crippen LogP contribution in [0.1, 0.15) is 0 Å². The average Bonchev–Trinajstić information content (AvgIpc) is 3.22. The standard InChI is InChI=1S/C15H14ClFN6O2S/c16-8-1-2-10(11(17)5-8)12-20-21-13(26-12)19-15(25)22-3-4-23-9(7-22)6-18-14(23)24/h1-2,5,9H,3-4,6-7H2,(H,18,24)(H,19,21,25).